The molecule has 0 saturated carbocycles. The number of hydrogen-bond donors (Lipinski definition) is 0. The van der Waals surface area contributed by atoms with Crippen LogP contribution in [0.2, 0.25) is 0 Å². The Bertz CT molecular complexity index is 707. The summed E-state index contributed by atoms with van der Waals surface area (Å²) in [7, 11) is 4.57. The van der Waals surface area contributed by atoms with E-state index in [1.165, 1.54) is 21.3 Å². The molecular weight excluding hydrogens is 302 g/mol. The van der Waals surface area contributed by atoms with E-state index in [1.807, 2.05) is 0 Å². The number of aryl methyl sites for hydroxylation is 1. The molecule has 0 aliphatic heterocycles. The molecule has 0 fully saturated rings. The van der Waals surface area contributed by atoms with Crippen LogP contribution < -0.4 is 14.2 Å². The largest absolute Gasteiger partial charge is 0.496 e. The SMILES string of the molecule is CCOC(=O)c1c(-c2cc(OC)c(OC)cc2OC)noc1C. The Hall–Kier alpha value is -2.70. The molecule has 2 rings (SSSR count). The first-order valence-electron chi connectivity index (χ1n) is 7.01. The predicted octanol–water partition coefficient (Wildman–Crippen LogP) is 2.85. The van der Waals surface area contributed by atoms with Gasteiger partial charge in [-0.1, -0.05) is 5.16 Å². The molecular formula is C16H19NO6. The van der Waals surface area contributed by atoms with E-state index in [4.69, 9.17) is 23.5 Å². The lowest BCUT2D eigenvalue weighted by Crippen LogP contribution is -2.07. The van der Waals surface area contributed by atoms with Gasteiger partial charge in [0.25, 0.3) is 0 Å². The number of benzene rings is 1. The lowest BCUT2D eigenvalue weighted by Gasteiger charge is -2.13. The third-order valence-electron chi connectivity index (χ3n) is 3.30. The van der Waals surface area contributed by atoms with E-state index in [0.717, 1.165) is 0 Å². The number of methoxy groups -OCH3 is 3. The predicted molar refractivity (Wildman–Crippen MR) is 82.3 cm³/mol. The highest BCUT2D eigenvalue weighted by molar-refractivity contribution is 5.98. The van der Waals surface area contributed by atoms with Gasteiger partial charge >= 0.3 is 5.97 Å². The smallest absolute Gasteiger partial charge is 0.344 e. The molecule has 124 valence electrons. The number of aromatic nitrogens is 1. The van der Waals surface area contributed by atoms with Gasteiger partial charge in [-0.3, -0.25) is 0 Å². The Balaban J connectivity index is 2.65. The average Bonchev–Trinajstić information content (AvgIpc) is 2.95. The first-order valence-corrected chi connectivity index (χ1v) is 7.01. The molecule has 0 spiro atoms. The van der Waals surface area contributed by atoms with Crippen molar-refractivity contribution in [1.29, 1.82) is 0 Å². The number of esters is 1. The molecule has 0 aliphatic rings. The molecule has 7 heteroatoms. The molecule has 0 saturated heterocycles. The minimum absolute atomic E-state index is 0.256. The summed E-state index contributed by atoms with van der Waals surface area (Å²) in [4.78, 5) is 12.2. The summed E-state index contributed by atoms with van der Waals surface area (Å²) in [5, 5.41) is 3.98. The van der Waals surface area contributed by atoms with E-state index in [9.17, 15) is 4.79 Å². The number of nitrogens with zero attached hydrogens (tertiary/aromatic N) is 1. The Labute approximate surface area is 134 Å². The van der Waals surface area contributed by atoms with Crippen molar-refractivity contribution in [1.82, 2.24) is 5.16 Å². The molecule has 23 heavy (non-hydrogen) atoms. The Morgan fingerprint density at radius 1 is 1.09 bits per heavy atom. The van der Waals surface area contributed by atoms with Gasteiger partial charge in [-0.25, -0.2) is 4.79 Å². The average molecular weight is 321 g/mol. The van der Waals surface area contributed by atoms with Gasteiger partial charge in [-0.2, -0.15) is 0 Å². The van der Waals surface area contributed by atoms with E-state index < -0.39 is 5.97 Å². The monoisotopic (exact) mass is 321 g/mol. The fourth-order valence-electron chi connectivity index (χ4n) is 2.21. The number of rotatable bonds is 6. The first-order chi connectivity index (χ1) is 11.1. The van der Waals surface area contributed by atoms with Crippen LogP contribution in [-0.2, 0) is 4.74 Å². The molecule has 0 unspecified atom stereocenters. The maximum atomic E-state index is 12.2. The second kappa shape index (κ2) is 7.04. The van der Waals surface area contributed by atoms with Crippen LogP contribution in [0.4, 0.5) is 0 Å². The summed E-state index contributed by atoms with van der Waals surface area (Å²) in [5.41, 5.74) is 1.14. The van der Waals surface area contributed by atoms with Crippen LogP contribution in [0.3, 0.4) is 0 Å². The van der Waals surface area contributed by atoms with Gasteiger partial charge in [0.15, 0.2) is 11.5 Å². The van der Waals surface area contributed by atoms with E-state index in [2.05, 4.69) is 5.16 Å². The fourth-order valence-corrected chi connectivity index (χ4v) is 2.21. The lowest BCUT2D eigenvalue weighted by atomic mass is 10.0. The summed E-state index contributed by atoms with van der Waals surface area (Å²) in [6.07, 6.45) is 0. The lowest BCUT2D eigenvalue weighted by molar-refractivity contribution is 0.0525. The highest BCUT2D eigenvalue weighted by atomic mass is 16.5. The maximum Gasteiger partial charge on any atom is 0.344 e. The number of carbonyl (C=O) groups excluding carboxylic acids is 1. The van der Waals surface area contributed by atoms with Crippen molar-refractivity contribution in [3.63, 3.8) is 0 Å². The van der Waals surface area contributed by atoms with Gasteiger partial charge in [0.05, 0.1) is 33.5 Å². The van der Waals surface area contributed by atoms with Gasteiger partial charge < -0.3 is 23.5 Å². The van der Waals surface area contributed by atoms with Crippen LogP contribution >= 0.6 is 0 Å². The van der Waals surface area contributed by atoms with Crippen LogP contribution in [0.15, 0.2) is 16.7 Å². The molecule has 0 amide bonds. The molecule has 1 heterocycles. The second-order valence-electron chi connectivity index (χ2n) is 4.59. The first kappa shape index (κ1) is 16.7. The van der Waals surface area contributed by atoms with E-state index in [-0.39, 0.29) is 12.2 Å². The van der Waals surface area contributed by atoms with Crippen LogP contribution in [0.1, 0.15) is 23.0 Å². The summed E-state index contributed by atoms with van der Waals surface area (Å²) in [6.45, 7) is 3.64. The summed E-state index contributed by atoms with van der Waals surface area (Å²) in [5.74, 6) is 1.33. The summed E-state index contributed by atoms with van der Waals surface area (Å²) >= 11 is 0. The maximum absolute atomic E-state index is 12.2. The van der Waals surface area contributed by atoms with Crippen molar-refractivity contribution >= 4 is 5.97 Å². The molecule has 0 bridgehead atoms. The van der Waals surface area contributed by atoms with Gasteiger partial charge in [0, 0.05) is 6.07 Å². The quantitative estimate of drug-likeness (QED) is 0.757. The summed E-state index contributed by atoms with van der Waals surface area (Å²) in [6, 6.07) is 3.34. The molecule has 7 nitrogen and oxygen atoms in total. The third-order valence-corrected chi connectivity index (χ3v) is 3.30. The number of ether oxygens (including phenoxy) is 4. The number of hydrogen-bond acceptors (Lipinski definition) is 7. The van der Waals surface area contributed by atoms with Gasteiger partial charge in [0.2, 0.25) is 0 Å². The normalized spacial score (nSPS) is 10.3. The fraction of sp³-hybridized carbons (Fsp3) is 0.375. The van der Waals surface area contributed by atoms with E-state index >= 15 is 0 Å². The molecule has 1 aromatic heterocycles. The highest BCUT2D eigenvalue weighted by Gasteiger charge is 2.26. The molecule has 0 atom stereocenters. The Morgan fingerprint density at radius 3 is 2.26 bits per heavy atom. The van der Waals surface area contributed by atoms with Crippen molar-refractivity contribution < 1.29 is 28.3 Å². The van der Waals surface area contributed by atoms with Crippen molar-refractivity contribution in [3.05, 3.63) is 23.5 Å². The topological polar surface area (TPSA) is 80.0 Å². The van der Waals surface area contributed by atoms with Gasteiger partial charge in [-0.15, -0.1) is 0 Å². The molecule has 2 aromatic rings. The van der Waals surface area contributed by atoms with E-state index in [1.54, 1.807) is 26.0 Å². The summed E-state index contributed by atoms with van der Waals surface area (Å²) < 4.78 is 26.2. The second-order valence-corrected chi connectivity index (χ2v) is 4.59. The Kier molecular flexibility index (Phi) is 5.10. The zero-order valence-corrected chi connectivity index (χ0v) is 13.8. The molecule has 1 aromatic carbocycles. The van der Waals surface area contributed by atoms with Crippen LogP contribution in [0.25, 0.3) is 11.3 Å². The van der Waals surface area contributed by atoms with E-state index in [0.29, 0.717) is 34.3 Å². The number of carbonyl (C=O) groups is 1. The van der Waals surface area contributed by atoms with Crippen molar-refractivity contribution in [2.75, 3.05) is 27.9 Å². The third kappa shape index (κ3) is 3.08. The van der Waals surface area contributed by atoms with Crippen molar-refractivity contribution in [2.24, 2.45) is 0 Å². The zero-order valence-electron chi connectivity index (χ0n) is 13.8. The molecule has 0 radical (unpaired) electrons. The van der Waals surface area contributed by atoms with Crippen LogP contribution in [0, 0.1) is 6.92 Å². The molecule has 0 N–H and O–H groups in total. The van der Waals surface area contributed by atoms with Crippen LogP contribution in [0.5, 0.6) is 17.2 Å². The Morgan fingerprint density at radius 2 is 1.70 bits per heavy atom. The standard InChI is InChI=1S/C16H19NO6/c1-6-22-16(18)14-9(2)23-17-15(14)10-7-12(20-4)13(21-5)8-11(10)19-3/h7-8H,6H2,1-5H3. The minimum atomic E-state index is -0.502. The van der Waals surface area contributed by atoms with Gasteiger partial charge in [0.1, 0.15) is 22.8 Å². The minimum Gasteiger partial charge on any atom is -0.496 e. The van der Waals surface area contributed by atoms with Gasteiger partial charge in [-0.05, 0) is 19.9 Å². The van der Waals surface area contributed by atoms with Crippen molar-refractivity contribution in [3.8, 4) is 28.5 Å². The van der Waals surface area contributed by atoms with Crippen molar-refractivity contribution in [2.45, 2.75) is 13.8 Å². The highest BCUT2D eigenvalue weighted by Crippen LogP contribution is 2.41. The van der Waals surface area contributed by atoms with Crippen LogP contribution in [-0.4, -0.2) is 39.1 Å². The zero-order chi connectivity index (χ0) is 17.0. The molecule has 0 aliphatic carbocycles.